The zero-order valence-electron chi connectivity index (χ0n) is 39.3. The summed E-state index contributed by atoms with van der Waals surface area (Å²) in [6.07, 6.45) is 61.4. The number of hydrogen-bond donors (Lipinski definition) is 2. The molecule has 9 heteroatoms. The Balaban J connectivity index is 4.48. The van der Waals surface area contributed by atoms with Gasteiger partial charge in [-0.3, -0.25) is 9.36 Å². The molecule has 3 atom stereocenters. The summed E-state index contributed by atoms with van der Waals surface area (Å²) in [5.74, 6) is -0.246. The van der Waals surface area contributed by atoms with E-state index in [-0.39, 0.29) is 18.9 Å². The minimum Gasteiger partial charge on any atom is -0.756 e. The molecule has 348 valence electrons. The third kappa shape index (κ3) is 45.0. The van der Waals surface area contributed by atoms with E-state index in [1.165, 1.54) is 51.4 Å². The number of carbonyl (C=O) groups is 1. The number of amides is 1. The van der Waals surface area contributed by atoms with Gasteiger partial charge in [-0.25, -0.2) is 0 Å². The molecule has 2 N–H and O–H groups in total. The zero-order chi connectivity index (χ0) is 45.0. The van der Waals surface area contributed by atoms with Gasteiger partial charge < -0.3 is 28.8 Å². The van der Waals surface area contributed by atoms with Crippen LogP contribution in [0.25, 0.3) is 0 Å². The number of aliphatic hydroxyl groups is 1. The van der Waals surface area contributed by atoms with Crippen LogP contribution in [0.3, 0.4) is 0 Å². The normalized spacial score (nSPS) is 15.2. The largest absolute Gasteiger partial charge is 0.756 e. The van der Waals surface area contributed by atoms with E-state index in [0.717, 1.165) is 83.5 Å². The molecule has 0 radical (unpaired) electrons. The number of quaternary nitrogens is 1. The first-order chi connectivity index (χ1) is 29.5. The number of nitrogens with zero attached hydrogens (tertiary/aromatic N) is 1. The Bertz CT molecular complexity index is 1350. The number of unbranched alkanes of at least 4 members (excludes halogenated alkanes) is 12. The van der Waals surface area contributed by atoms with Crippen LogP contribution in [0.5, 0.6) is 0 Å². The number of nitrogens with one attached hydrogen (secondary N) is 1. The highest BCUT2D eigenvalue weighted by Crippen LogP contribution is 2.38. The molecule has 0 aliphatic heterocycles. The van der Waals surface area contributed by atoms with E-state index in [1.807, 2.05) is 27.2 Å². The lowest BCUT2D eigenvalue weighted by Crippen LogP contribution is -2.45. The summed E-state index contributed by atoms with van der Waals surface area (Å²) in [4.78, 5) is 25.3. The quantitative estimate of drug-likeness (QED) is 0.0274. The van der Waals surface area contributed by atoms with Crippen LogP contribution in [0, 0.1) is 0 Å². The van der Waals surface area contributed by atoms with E-state index in [4.69, 9.17) is 9.05 Å². The SMILES string of the molecule is CC/C=C\C/C=C\C/C=C\C/C=C\C/C=C\C/C=C\C/C=C\CCCCCC(=O)NC(COP(=O)([O-])OCC[N+](C)(C)C)C(O)/C=C/CC/C=C/CCCCCCCCCC. The predicted octanol–water partition coefficient (Wildman–Crippen LogP) is 13.1. The molecule has 61 heavy (non-hydrogen) atoms. The number of hydrogen-bond acceptors (Lipinski definition) is 6. The van der Waals surface area contributed by atoms with E-state index in [2.05, 4.69) is 116 Å². The van der Waals surface area contributed by atoms with Crippen LogP contribution in [-0.2, 0) is 18.4 Å². The van der Waals surface area contributed by atoms with Crippen molar-refractivity contribution >= 4 is 13.7 Å². The van der Waals surface area contributed by atoms with Crippen LogP contribution in [0.2, 0.25) is 0 Å². The Kier molecular flexibility index (Phi) is 40.5. The van der Waals surface area contributed by atoms with Gasteiger partial charge in [0.2, 0.25) is 5.91 Å². The van der Waals surface area contributed by atoms with Crippen molar-refractivity contribution in [3.8, 4) is 0 Å². The third-order valence-corrected chi connectivity index (χ3v) is 10.7. The van der Waals surface area contributed by atoms with Crippen molar-refractivity contribution in [2.75, 3.05) is 40.9 Å². The molecule has 0 spiro atoms. The second-order valence-corrected chi connectivity index (χ2v) is 18.1. The average molecular weight is 869 g/mol. The van der Waals surface area contributed by atoms with Crippen molar-refractivity contribution in [1.82, 2.24) is 5.32 Å². The van der Waals surface area contributed by atoms with Crippen molar-refractivity contribution in [2.45, 2.75) is 174 Å². The second-order valence-electron chi connectivity index (χ2n) is 16.7. The van der Waals surface area contributed by atoms with Gasteiger partial charge in [-0.1, -0.05) is 175 Å². The van der Waals surface area contributed by atoms with Crippen molar-refractivity contribution in [1.29, 1.82) is 0 Å². The number of carbonyl (C=O) groups excluding carboxylic acids is 1. The zero-order valence-corrected chi connectivity index (χ0v) is 40.2. The predicted molar refractivity (Wildman–Crippen MR) is 260 cm³/mol. The number of rotatable bonds is 41. The first kappa shape index (κ1) is 58.2. The maximum absolute atomic E-state index is 12.9. The van der Waals surface area contributed by atoms with Gasteiger partial charge in [0.15, 0.2) is 0 Å². The first-order valence-electron chi connectivity index (χ1n) is 23.7. The van der Waals surface area contributed by atoms with Crippen LogP contribution in [0.1, 0.15) is 162 Å². The van der Waals surface area contributed by atoms with Crippen LogP contribution >= 0.6 is 7.82 Å². The molecule has 0 aliphatic carbocycles. The van der Waals surface area contributed by atoms with Crippen LogP contribution < -0.4 is 10.2 Å². The smallest absolute Gasteiger partial charge is 0.268 e. The van der Waals surface area contributed by atoms with Gasteiger partial charge in [-0.05, 0) is 89.9 Å². The minimum absolute atomic E-state index is 0.0198. The van der Waals surface area contributed by atoms with E-state index < -0.39 is 26.6 Å². The van der Waals surface area contributed by atoms with Crippen molar-refractivity contribution in [3.05, 3.63) is 109 Å². The molecular formula is C52H89N2O6P. The Labute approximate surface area is 374 Å². The number of phosphoric acid groups is 1. The molecule has 0 bridgehead atoms. The Morgan fingerprint density at radius 1 is 0.590 bits per heavy atom. The fourth-order valence-corrected chi connectivity index (χ4v) is 6.69. The highest BCUT2D eigenvalue weighted by molar-refractivity contribution is 7.45. The summed E-state index contributed by atoms with van der Waals surface area (Å²) < 4.78 is 23.2. The van der Waals surface area contributed by atoms with Crippen LogP contribution in [-0.4, -0.2) is 68.5 Å². The molecule has 0 saturated heterocycles. The molecule has 0 aromatic carbocycles. The summed E-state index contributed by atoms with van der Waals surface area (Å²) in [6.45, 7) is 4.45. The lowest BCUT2D eigenvalue weighted by atomic mass is 10.1. The lowest BCUT2D eigenvalue weighted by molar-refractivity contribution is -0.870. The molecular weight excluding hydrogens is 780 g/mol. The molecule has 0 heterocycles. The van der Waals surface area contributed by atoms with Crippen molar-refractivity contribution in [2.24, 2.45) is 0 Å². The number of phosphoric ester groups is 1. The van der Waals surface area contributed by atoms with Gasteiger partial charge in [0.25, 0.3) is 7.82 Å². The average Bonchev–Trinajstić information content (AvgIpc) is 3.21. The second kappa shape index (κ2) is 42.5. The van der Waals surface area contributed by atoms with Gasteiger partial charge in [0.05, 0.1) is 39.9 Å². The molecule has 8 nitrogen and oxygen atoms in total. The number of aliphatic hydroxyl groups excluding tert-OH is 1. The van der Waals surface area contributed by atoms with E-state index in [1.54, 1.807) is 6.08 Å². The van der Waals surface area contributed by atoms with Crippen molar-refractivity contribution < 1.29 is 32.9 Å². The van der Waals surface area contributed by atoms with E-state index in [9.17, 15) is 19.4 Å². The highest BCUT2D eigenvalue weighted by Gasteiger charge is 2.23. The summed E-state index contributed by atoms with van der Waals surface area (Å²) in [5, 5.41) is 13.7. The molecule has 0 aromatic heterocycles. The topological polar surface area (TPSA) is 108 Å². The maximum atomic E-state index is 12.9. The number of allylic oxidation sites excluding steroid dienone is 17. The fraction of sp³-hybridized carbons (Fsp3) is 0.635. The Morgan fingerprint density at radius 2 is 1.02 bits per heavy atom. The molecule has 3 unspecified atom stereocenters. The standard InChI is InChI=1S/C52H89N2O6P/c1-6-8-10-12-14-16-18-20-22-23-24-25-26-27-28-29-30-31-32-34-36-38-40-42-44-46-52(56)53-50(49-60-61(57,58)59-48-47-54(3,4)5)51(55)45-43-41-39-37-35-33-21-19-17-15-13-11-9-7-2/h8,10,14,16,20,22,24-25,27-28,30-31,34-37,43,45,50-51,55H,6-7,9,11-13,15,17-19,21,23,26,29,32-33,38-42,44,46-49H2,1-5H3,(H-,53,56,57,58)/b10-8-,16-14-,22-20-,25-24-,28-27-,31-30-,36-34-,37-35+,45-43+. The van der Waals surface area contributed by atoms with Crippen LogP contribution in [0.4, 0.5) is 0 Å². The molecule has 0 aliphatic rings. The van der Waals surface area contributed by atoms with Gasteiger partial charge in [0, 0.05) is 6.42 Å². The van der Waals surface area contributed by atoms with Gasteiger partial charge in [0.1, 0.15) is 13.2 Å². The minimum atomic E-state index is -4.61. The summed E-state index contributed by atoms with van der Waals surface area (Å²) in [7, 11) is 1.20. The van der Waals surface area contributed by atoms with Gasteiger partial charge in [-0.15, -0.1) is 0 Å². The Hall–Kier alpha value is -2.84. The summed E-state index contributed by atoms with van der Waals surface area (Å²) in [6, 6.07) is -0.928. The summed E-state index contributed by atoms with van der Waals surface area (Å²) in [5.41, 5.74) is 0. The maximum Gasteiger partial charge on any atom is 0.268 e. The monoisotopic (exact) mass is 869 g/mol. The third-order valence-electron chi connectivity index (χ3n) is 9.72. The fourth-order valence-electron chi connectivity index (χ4n) is 5.97. The van der Waals surface area contributed by atoms with Gasteiger partial charge in [-0.2, -0.15) is 0 Å². The lowest BCUT2D eigenvalue weighted by Gasteiger charge is -2.29. The van der Waals surface area contributed by atoms with Gasteiger partial charge >= 0.3 is 0 Å². The van der Waals surface area contributed by atoms with E-state index in [0.29, 0.717) is 17.4 Å². The summed E-state index contributed by atoms with van der Waals surface area (Å²) >= 11 is 0. The molecule has 0 saturated carbocycles. The molecule has 0 rings (SSSR count). The Morgan fingerprint density at radius 3 is 1.52 bits per heavy atom. The first-order valence-corrected chi connectivity index (χ1v) is 25.2. The molecule has 0 aromatic rings. The highest BCUT2D eigenvalue weighted by atomic mass is 31.2. The van der Waals surface area contributed by atoms with Crippen LogP contribution in [0.15, 0.2) is 109 Å². The van der Waals surface area contributed by atoms with Crippen molar-refractivity contribution in [3.63, 3.8) is 0 Å². The van der Waals surface area contributed by atoms with E-state index >= 15 is 0 Å². The molecule has 1 amide bonds. The number of likely N-dealkylation sites (N-methyl/N-ethyl adjacent to an activating group) is 1. The molecule has 0 fully saturated rings.